The maximum absolute atomic E-state index is 11.6. The van der Waals surface area contributed by atoms with E-state index in [1.807, 2.05) is 30.3 Å². The third kappa shape index (κ3) is 3.55. The highest BCUT2D eigenvalue weighted by atomic mass is 16.6. The third-order valence-electron chi connectivity index (χ3n) is 3.41. The summed E-state index contributed by atoms with van der Waals surface area (Å²) in [4.78, 5) is 22.3. The lowest BCUT2D eigenvalue weighted by Gasteiger charge is -2.00. The van der Waals surface area contributed by atoms with Crippen LogP contribution in [-0.2, 0) is 16.1 Å². The van der Waals surface area contributed by atoms with Gasteiger partial charge in [-0.3, -0.25) is 19.6 Å². The van der Waals surface area contributed by atoms with Gasteiger partial charge in [0.1, 0.15) is 12.7 Å². The van der Waals surface area contributed by atoms with Gasteiger partial charge in [0.15, 0.2) is 5.69 Å². The predicted octanol–water partition coefficient (Wildman–Crippen LogP) is 2.21. The van der Waals surface area contributed by atoms with E-state index in [1.165, 1.54) is 17.1 Å². The van der Waals surface area contributed by atoms with E-state index in [4.69, 9.17) is 4.74 Å². The Kier molecular flexibility index (Phi) is 4.55. The zero-order valence-corrected chi connectivity index (χ0v) is 13.4. The van der Waals surface area contributed by atoms with E-state index >= 15 is 0 Å². The molecule has 0 atom stereocenters. The lowest BCUT2D eigenvalue weighted by atomic mass is 10.2. The summed E-state index contributed by atoms with van der Waals surface area (Å²) in [5.41, 5.74) is 1.26. The summed E-state index contributed by atoms with van der Waals surface area (Å²) in [6.45, 7) is 1.73. The van der Waals surface area contributed by atoms with Crippen LogP contribution in [0, 0.1) is 10.1 Å². The number of nitro groups is 1. The number of hydrogen-bond donors (Lipinski definition) is 0. The van der Waals surface area contributed by atoms with Gasteiger partial charge in [0.2, 0.25) is 0 Å². The summed E-state index contributed by atoms with van der Waals surface area (Å²) in [6.07, 6.45) is 4.36. The molecule has 0 saturated carbocycles. The monoisotopic (exact) mass is 341 g/mol. The second-order valence-corrected chi connectivity index (χ2v) is 5.13. The number of rotatable bonds is 6. The van der Waals surface area contributed by atoms with Gasteiger partial charge in [-0.15, -0.1) is 0 Å². The Balaban J connectivity index is 1.93. The van der Waals surface area contributed by atoms with E-state index in [1.54, 1.807) is 17.8 Å². The van der Waals surface area contributed by atoms with Crippen LogP contribution in [0.15, 0.2) is 48.9 Å². The Morgan fingerprint density at radius 1 is 1.28 bits per heavy atom. The fourth-order valence-corrected chi connectivity index (χ4v) is 2.34. The zero-order valence-electron chi connectivity index (χ0n) is 13.4. The van der Waals surface area contributed by atoms with Gasteiger partial charge in [-0.1, -0.05) is 18.2 Å². The van der Waals surface area contributed by atoms with Crippen molar-refractivity contribution < 1.29 is 14.5 Å². The Morgan fingerprint density at radius 2 is 2.04 bits per heavy atom. The number of carbonyl (C=O) groups excluding carboxylic acids is 1. The van der Waals surface area contributed by atoms with E-state index in [9.17, 15) is 14.9 Å². The Hall–Kier alpha value is -3.49. The number of para-hydroxylation sites is 1. The average Bonchev–Trinajstić information content (AvgIpc) is 3.22. The lowest BCUT2D eigenvalue weighted by Crippen LogP contribution is -2.13. The van der Waals surface area contributed by atoms with Gasteiger partial charge in [-0.05, 0) is 19.1 Å². The minimum atomic E-state index is -0.538. The lowest BCUT2D eigenvalue weighted by molar-refractivity contribution is -0.384. The molecule has 0 N–H and O–H groups in total. The second kappa shape index (κ2) is 6.95. The Labute approximate surface area is 142 Å². The molecule has 0 aliphatic carbocycles. The predicted molar refractivity (Wildman–Crippen MR) is 88.1 cm³/mol. The van der Waals surface area contributed by atoms with Crippen molar-refractivity contribution in [2.45, 2.75) is 13.5 Å². The molecule has 0 unspecified atom stereocenters. The molecule has 0 amide bonds. The molecule has 2 heterocycles. The number of hydrogen-bond acceptors (Lipinski definition) is 6. The normalized spacial score (nSPS) is 10.6. The average molecular weight is 341 g/mol. The highest BCUT2D eigenvalue weighted by Gasteiger charge is 2.23. The summed E-state index contributed by atoms with van der Waals surface area (Å²) in [5.74, 6) is -0.508. The van der Waals surface area contributed by atoms with Crippen LogP contribution in [0.3, 0.4) is 0 Å². The van der Waals surface area contributed by atoms with Gasteiger partial charge in [0, 0.05) is 11.8 Å². The summed E-state index contributed by atoms with van der Waals surface area (Å²) in [7, 11) is 0. The molecular weight excluding hydrogens is 326 g/mol. The van der Waals surface area contributed by atoms with E-state index in [-0.39, 0.29) is 24.5 Å². The van der Waals surface area contributed by atoms with Crippen LogP contribution in [0.2, 0.25) is 0 Å². The van der Waals surface area contributed by atoms with Crippen LogP contribution in [-0.4, -0.2) is 37.1 Å². The van der Waals surface area contributed by atoms with Gasteiger partial charge in [-0.2, -0.15) is 10.2 Å². The first-order chi connectivity index (χ1) is 12.1. The number of ether oxygens (including phenoxy) is 1. The van der Waals surface area contributed by atoms with Crippen LogP contribution in [0.25, 0.3) is 16.9 Å². The van der Waals surface area contributed by atoms with E-state index < -0.39 is 10.9 Å². The molecule has 0 aliphatic rings. The highest BCUT2D eigenvalue weighted by Crippen LogP contribution is 2.28. The smallest absolute Gasteiger partial charge is 0.327 e. The van der Waals surface area contributed by atoms with Gasteiger partial charge >= 0.3 is 11.7 Å². The first-order valence-electron chi connectivity index (χ1n) is 7.56. The number of nitrogens with zero attached hydrogens (tertiary/aromatic N) is 5. The largest absolute Gasteiger partial charge is 0.465 e. The van der Waals surface area contributed by atoms with Crippen molar-refractivity contribution in [3.05, 3.63) is 59.0 Å². The zero-order chi connectivity index (χ0) is 17.8. The van der Waals surface area contributed by atoms with Crippen molar-refractivity contribution in [2.75, 3.05) is 6.61 Å². The van der Waals surface area contributed by atoms with Crippen LogP contribution in [0.4, 0.5) is 5.69 Å². The van der Waals surface area contributed by atoms with Gasteiger partial charge in [0.25, 0.3) is 0 Å². The van der Waals surface area contributed by atoms with E-state index in [2.05, 4.69) is 10.2 Å². The van der Waals surface area contributed by atoms with Crippen molar-refractivity contribution >= 4 is 11.7 Å². The molecule has 25 heavy (non-hydrogen) atoms. The minimum absolute atomic E-state index is 0.150. The molecule has 0 aliphatic heterocycles. The standard InChI is InChI=1S/C16H15N5O4/c1-2-25-15(22)11-19-10-14(21(23)24)16(18-19)12-8-17-20(9-12)13-6-4-3-5-7-13/h3-10H,2,11H2,1H3. The van der Waals surface area contributed by atoms with Gasteiger partial charge in [0.05, 0.1) is 23.4 Å². The Morgan fingerprint density at radius 3 is 2.72 bits per heavy atom. The molecule has 0 bridgehead atoms. The summed E-state index contributed by atoms with van der Waals surface area (Å²) < 4.78 is 7.64. The third-order valence-corrected chi connectivity index (χ3v) is 3.41. The van der Waals surface area contributed by atoms with Crippen LogP contribution in [0.1, 0.15) is 6.92 Å². The van der Waals surface area contributed by atoms with Crippen LogP contribution in [0.5, 0.6) is 0 Å². The second-order valence-electron chi connectivity index (χ2n) is 5.13. The number of esters is 1. The number of benzene rings is 1. The molecule has 3 aromatic rings. The molecule has 1 aromatic carbocycles. The maximum atomic E-state index is 11.6. The quantitative estimate of drug-likeness (QED) is 0.387. The molecule has 0 saturated heterocycles. The molecule has 3 rings (SSSR count). The van der Waals surface area contributed by atoms with Crippen molar-refractivity contribution in [2.24, 2.45) is 0 Å². The van der Waals surface area contributed by atoms with Crippen molar-refractivity contribution in [3.63, 3.8) is 0 Å². The molecule has 0 spiro atoms. The van der Waals surface area contributed by atoms with Crippen molar-refractivity contribution in [1.29, 1.82) is 0 Å². The molecule has 9 heteroatoms. The van der Waals surface area contributed by atoms with Crippen molar-refractivity contribution in [1.82, 2.24) is 19.6 Å². The first kappa shape index (κ1) is 16.4. The van der Waals surface area contributed by atoms with Crippen LogP contribution >= 0.6 is 0 Å². The van der Waals surface area contributed by atoms with Crippen molar-refractivity contribution in [3.8, 4) is 16.9 Å². The van der Waals surface area contributed by atoms with E-state index in [0.717, 1.165) is 5.69 Å². The van der Waals surface area contributed by atoms with E-state index in [0.29, 0.717) is 5.56 Å². The van der Waals surface area contributed by atoms with Gasteiger partial charge in [-0.25, -0.2) is 4.68 Å². The molecule has 0 fully saturated rings. The molecule has 9 nitrogen and oxygen atoms in total. The highest BCUT2D eigenvalue weighted by molar-refractivity contribution is 5.71. The molecule has 0 radical (unpaired) electrons. The molecule has 2 aromatic heterocycles. The first-order valence-corrected chi connectivity index (χ1v) is 7.56. The Bertz CT molecular complexity index is 900. The molecule has 128 valence electrons. The van der Waals surface area contributed by atoms with Gasteiger partial charge < -0.3 is 4.74 Å². The molecular formula is C16H15N5O4. The fraction of sp³-hybridized carbons (Fsp3) is 0.188. The van der Waals surface area contributed by atoms with Crippen LogP contribution < -0.4 is 0 Å². The minimum Gasteiger partial charge on any atom is -0.465 e. The summed E-state index contributed by atoms with van der Waals surface area (Å²) >= 11 is 0. The number of aromatic nitrogens is 4. The summed E-state index contributed by atoms with van der Waals surface area (Å²) in [5, 5.41) is 19.7. The topological polar surface area (TPSA) is 105 Å². The fourth-order valence-electron chi connectivity index (χ4n) is 2.34. The maximum Gasteiger partial charge on any atom is 0.327 e. The number of carbonyl (C=O) groups is 1. The SMILES string of the molecule is CCOC(=O)Cn1cc([N+](=O)[O-])c(-c2cnn(-c3ccccc3)c2)n1. The summed E-state index contributed by atoms with van der Waals surface area (Å²) in [6, 6.07) is 9.35.